The predicted octanol–water partition coefficient (Wildman–Crippen LogP) is 2.22. The number of hydrogen-bond donors (Lipinski definition) is 3. The van der Waals surface area contributed by atoms with Gasteiger partial charge in [-0.15, -0.1) is 0 Å². The zero-order valence-corrected chi connectivity index (χ0v) is 13.7. The molecule has 1 heterocycles. The van der Waals surface area contributed by atoms with E-state index in [1.165, 1.54) is 6.07 Å². The Labute approximate surface area is 136 Å². The van der Waals surface area contributed by atoms with Gasteiger partial charge in [-0.1, -0.05) is 6.92 Å². The number of benzene rings is 1. The normalized spacial score (nSPS) is 21.4. The molecule has 1 fully saturated rings. The van der Waals surface area contributed by atoms with Crippen molar-refractivity contribution in [3.05, 3.63) is 27.3 Å². The maximum atomic E-state index is 12.3. The molecule has 0 saturated carbocycles. The van der Waals surface area contributed by atoms with E-state index in [0.717, 1.165) is 9.99 Å². The number of carbonyl (C=O) groups excluding carboxylic acids is 1. The number of likely N-dealkylation sites (tertiary alicyclic amines) is 1. The van der Waals surface area contributed by atoms with Crippen LogP contribution >= 0.6 is 22.6 Å². The van der Waals surface area contributed by atoms with Crippen molar-refractivity contribution in [2.45, 2.75) is 19.4 Å². The molecule has 1 aromatic rings. The van der Waals surface area contributed by atoms with Gasteiger partial charge in [0.05, 0.1) is 23.9 Å². The van der Waals surface area contributed by atoms with Crippen molar-refractivity contribution in [1.82, 2.24) is 4.90 Å². The quantitative estimate of drug-likeness (QED) is 0.675. The number of anilines is 1. The first-order valence-corrected chi connectivity index (χ1v) is 7.73. The number of nitrogens with one attached hydrogen (secondary N) is 1. The average molecular weight is 404 g/mol. The van der Waals surface area contributed by atoms with E-state index in [1.54, 1.807) is 17.0 Å². The number of urea groups is 1. The summed E-state index contributed by atoms with van der Waals surface area (Å²) in [5.41, 5.74) is 0.326. The molecule has 0 aromatic heterocycles. The van der Waals surface area contributed by atoms with E-state index < -0.39 is 5.97 Å². The Morgan fingerprint density at radius 1 is 1.48 bits per heavy atom. The molecule has 0 bridgehead atoms. The number of halogens is 1. The summed E-state index contributed by atoms with van der Waals surface area (Å²) >= 11 is 2.02. The van der Waals surface area contributed by atoms with Gasteiger partial charge in [-0.05, 0) is 53.1 Å². The van der Waals surface area contributed by atoms with Gasteiger partial charge in [0.2, 0.25) is 0 Å². The lowest BCUT2D eigenvalue weighted by molar-refractivity contribution is 0.0698. The molecule has 3 N–H and O–H groups in total. The van der Waals surface area contributed by atoms with Crippen molar-refractivity contribution in [1.29, 1.82) is 0 Å². The molecular weight excluding hydrogens is 387 g/mol. The van der Waals surface area contributed by atoms with Crippen LogP contribution in [0.3, 0.4) is 0 Å². The molecule has 1 saturated heterocycles. The van der Waals surface area contributed by atoms with Gasteiger partial charge in [0, 0.05) is 10.1 Å². The molecule has 21 heavy (non-hydrogen) atoms. The predicted molar refractivity (Wildman–Crippen MR) is 86.5 cm³/mol. The third-order valence-electron chi connectivity index (χ3n) is 3.78. The molecule has 0 spiro atoms. The second kappa shape index (κ2) is 6.61. The summed E-state index contributed by atoms with van der Waals surface area (Å²) < 4.78 is 0.783. The van der Waals surface area contributed by atoms with Crippen LogP contribution < -0.4 is 5.32 Å². The minimum atomic E-state index is -1.09. The van der Waals surface area contributed by atoms with E-state index in [0.29, 0.717) is 6.54 Å². The lowest BCUT2D eigenvalue weighted by Crippen LogP contribution is -2.42. The zero-order valence-electron chi connectivity index (χ0n) is 11.5. The minimum absolute atomic E-state index is 0.0584. The highest BCUT2D eigenvalue weighted by Crippen LogP contribution is 2.25. The van der Waals surface area contributed by atoms with Crippen LogP contribution in [0.2, 0.25) is 0 Å². The Bertz CT molecular complexity index is 564. The summed E-state index contributed by atoms with van der Waals surface area (Å²) in [4.78, 5) is 25.1. The zero-order chi connectivity index (χ0) is 15.6. The number of aliphatic hydroxyl groups is 1. The summed E-state index contributed by atoms with van der Waals surface area (Å²) in [5.74, 6) is -0.853. The highest BCUT2D eigenvalue weighted by Gasteiger charge is 2.34. The Kier molecular flexibility index (Phi) is 5.04. The number of carboxylic acids is 1. The molecular formula is C14H17IN2O4. The van der Waals surface area contributed by atoms with Gasteiger partial charge in [0.15, 0.2) is 0 Å². The van der Waals surface area contributed by atoms with Gasteiger partial charge in [-0.25, -0.2) is 9.59 Å². The van der Waals surface area contributed by atoms with Crippen LogP contribution in [0.15, 0.2) is 18.2 Å². The number of hydrogen-bond acceptors (Lipinski definition) is 3. The monoisotopic (exact) mass is 404 g/mol. The SMILES string of the molecule is CC1CCN(C(=O)Nc2ccc(I)cc2C(=O)O)C1CO. The fraction of sp³-hybridized carbons (Fsp3) is 0.429. The van der Waals surface area contributed by atoms with Gasteiger partial charge in [-0.2, -0.15) is 0 Å². The molecule has 0 radical (unpaired) electrons. The summed E-state index contributed by atoms with van der Waals surface area (Å²) in [6, 6.07) is 4.23. The summed E-state index contributed by atoms with van der Waals surface area (Å²) in [5, 5.41) is 21.2. The largest absolute Gasteiger partial charge is 0.478 e. The van der Waals surface area contributed by atoms with Crippen molar-refractivity contribution >= 4 is 40.3 Å². The molecule has 2 amide bonds. The molecule has 0 aliphatic carbocycles. The summed E-state index contributed by atoms with van der Waals surface area (Å²) in [6.07, 6.45) is 0.830. The highest BCUT2D eigenvalue weighted by atomic mass is 127. The Hall–Kier alpha value is -1.35. The van der Waals surface area contributed by atoms with Crippen molar-refractivity contribution in [3.8, 4) is 0 Å². The topological polar surface area (TPSA) is 89.9 Å². The number of aromatic carboxylic acids is 1. The first-order chi connectivity index (χ1) is 9.93. The van der Waals surface area contributed by atoms with E-state index in [4.69, 9.17) is 0 Å². The van der Waals surface area contributed by atoms with Crippen molar-refractivity contribution in [3.63, 3.8) is 0 Å². The molecule has 1 aliphatic heterocycles. The molecule has 2 atom stereocenters. The summed E-state index contributed by atoms with van der Waals surface area (Å²) in [6.45, 7) is 2.46. The van der Waals surface area contributed by atoms with E-state index in [2.05, 4.69) is 5.32 Å². The van der Waals surface area contributed by atoms with E-state index in [1.807, 2.05) is 29.5 Å². The van der Waals surface area contributed by atoms with Crippen LogP contribution in [0.1, 0.15) is 23.7 Å². The van der Waals surface area contributed by atoms with Crippen LogP contribution in [0.25, 0.3) is 0 Å². The molecule has 2 rings (SSSR count). The van der Waals surface area contributed by atoms with Crippen LogP contribution in [-0.2, 0) is 0 Å². The molecule has 2 unspecified atom stereocenters. The first-order valence-electron chi connectivity index (χ1n) is 6.65. The number of amides is 2. The molecule has 1 aliphatic rings. The number of aliphatic hydroxyl groups excluding tert-OH is 1. The van der Waals surface area contributed by atoms with Gasteiger partial charge in [0.1, 0.15) is 0 Å². The Balaban J connectivity index is 2.18. The van der Waals surface area contributed by atoms with Crippen molar-refractivity contribution in [2.24, 2.45) is 5.92 Å². The Morgan fingerprint density at radius 2 is 2.19 bits per heavy atom. The van der Waals surface area contributed by atoms with Crippen molar-refractivity contribution in [2.75, 3.05) is 18.5 Å². The number of rotatable bonds is 3. The van der Waals surface area contributed by atoms with Crippen LogP contribution in [0.5, 0.6) is 0 Å². The second-order valence-corrected chi connectivity index (χ2v) is 6.38. The first kappa shape index (κ1) is 16.0. The number of nitrogens with zero attached hydrogens (tertiary/aromatic N) is 1. The van der Waals surface area contributed by atoms with Crippen LogP contribution in [0, 0.1) is 9.49 Å². The van der Waals surface area contributed by atoms with Crippen LogP contribution in [-0.4, -0.2) is 46.3 Å². The highest BCUT2D eigenvalue weighted by molar-refractivity contribution is 14.1. The van der Waals surface area contributed by atoms with Gasteiger partial charge >= 0.3 is 12.0 Å². The molecule has 7 heteroatoms. The van der Waals surface area contributed by atoms with E-state index >= 15 is 0 Å². The van der Waals surface area contributed by atoms with Gasteiger partial charge in [0.25, 0.3) is 0 Å². The van der Waals surface area contributed by atoms with E-state index in [-0.39, 0.29) is 35.8 Å². The number of carbonyl (C=O) groups is 2. The average Bonchev–Trinajstić information content (AvgIpc) is 2.81. The summed E-state index contributed by atoms with van der Waals surface area (Å²) in [7, 11) is 0. The second-order valence-electron chi connectivity index (χ2n) is 5.13. The van der Waals surface area contributed by atoms with Gasteiger partial charge in [-0.3, -0.25) is 0 Å². The number of carboxylic acid groups (broad SMARTS) is 1. The van der Waals surface area contributed by atoms with Gasteiger partial charge < -0.3 is 20.4 Å². The smallest absolute Gasteiger partial charge is 0.337 e. The third kappa shape index (κ3) is 3.46. The van der Waals surface area contributed by atoms with Crippen LogP contribution in [0.4, 0.5) is 10.5 Å². The van der Waals surface area contributed by atoms with Crippen molar-refractivity contribution < 1.29 is 19.8 Å². The Morgan fingerprint density at radius 3 is 2.81 bits per heavy atom. The third-order valence-corrected chi connectivity index (χ3v) is 4.46. The maximum absolute atomic E-state index is 12.3. The fourth-order valence-corrected chi connectivity index (χ4v) is 3.02. The standard InChI is InChI=1S/C14H17IN2O4/c1-8-4-5-17(12(8)7-18)14(21)16-11-3-2-9(15)6-10(11)13(19)20/h2-3,6,8,12,18H,4-5,7H2,1H3,(H,16,21)(H,19,20). The molecule has 1 aromatic carbocycles. The lowest BCUT2D eigenvalue weighted by atomic mass is 10.0. The minimum Gasteiger partial charge on any atom is -0.478 e. The maximum Gasteiger partial charge on any atom is 0.337 e. The molecule has 114 valence electrons. The lowest BCUT2D eigenvalue weighted by Gasteiger charge is -2.25. The molecule has 6 nitrogen and oxygen atoms in total. The fourth-order valence-electron chi connectivity index (χ4n) is 2.53. The van der Waals surface area contributed by atoms with E-state index in [9.17, 15) is 19.8 Å².